The van der Waals surface area contributed by atoms with Gasteiger partial charge in [-0.15, -0.1) is 22.7 Å². The number of rotatable bonds is 2. The number of amides is 1. The number of carbonyl (C=O) groups excluding carboxylic acids is 1. The first kappa shape index (κ1) is 16.7. The summed E-state index contributed by atoms with van der Waals surface area (Å²) >= 11 is 8.43. The zero-order valence-corrected chi connectivity index (χ0v) is 16.1. The molecule has 1 amide bonds. The minimum Gasteiger partial charge on any atom is -0.322 e. The molecule has 1 aliphatic carbocycles. The van der Waals surface area contributed by atoms with Crippen molar-refractivity contribution in [1.82, 2.24) is 9.66 Å². The summed E-state index contributed by atoms with van der Waals surface area (Å²) in [6, 6.07) is 1.80. The molecule has 0 spiro atoms. The second-order valence-corrected chi connectivity index (χ2v) is 8.83. The maximum atomic E-state index is 13.0. The van der Waals surface area contributed by atoms with Crippen LogP contribution in [0.1, 0.15) is 44.9 Å². The summed E-state index contributed by atoms with van der Waals surface area (Å²) in [5, 5.41) is 2.45. The van der Waals surface area contributed by atoms with E-state index in [2.05, 4.69) is 10.4 Å². The summed E-state index contributed by atoms with van der Waals surface area (Å²) in [6.45, 7) is 1.94. The molecular formula is C17H17N3O2S3. The van der Waals surface area contributed by atoms with E-state index in [9.17, 15) is 9.59 Å². The third kappa shape index (κ3) is 2.98. The molecule has 0 saturated carbocycles. The fraction of sp³-hybridized carbons (Fsp3) is 0.353. The van der Waals surface area contributed by atoms with Gasteiger partial charge in [-0.05, 0) is 56.5 Å². The average Bonchev–Trinajstić information content (AvgIpc) is 3.08. The van der Waals surface area contributed by atoms with Gasteiger partial charge in [0.15, 0.2) is 0 Å². The molecule has 0 bridgehead atoms. The van der Waals surface area contributed by atoms with Gasteiger partial charge in [0, 0.05) is 15.1 Å². The van der Waals surface area contributed by atoms with Gasteiger partial charge in [0.1, 0.15) is 4.83 Å². The third-order valence-electron chi connectivity index (χ3n) is 4.47. The Morgan fingerprint density at radius 1 is 1.32 bits per heavy atom. The number of carbonyl (C=O) groups is 1. The zero-order chi connectivity index (χ0) is 17.6. The highest BCUT2D eigenvalue weighted by Gasteiger charge is 2.20. The lowest BCUT2D eigenvalue weighted by molar-refractivity contribution is 0.101. The van der Waals surface area contributed by atoms with Crippen molar-refractivity contribution in [2.75, 3.05) is 5.43 Å². The van der Waals surface area contributed by atoms with E-state index in [4.69, 9.17) is 12.2 Å². The molecule has 0 unspecified atom stereocenters. The van der Waals surface area contributed by atoms with E-state index in [0.29, 0.717) is 10.9 Å². The van der Waals surface area contributed by atoms with Crippen LogP contribution in [0.3, 0.4) is 0 Å². The Morgan fingerprint density at radius 3 is 2.88 bits per heavy atom. The van der Waals surface area contributed by atoms with Crippen LogP contribution in [0.25, 0.3) is 10.2 Å². The first-order valence-corrected chi connectivity index (χ1v) is 10.3. The van der Waals surface area contributed by atoms with Crippen LogP contribution in [0.4, 0.5) is 0 Å². The zero-order valence-electron chi connectivity index (χ0n) is 13.7. The summed E-state index contributed by atoms with van der Waals surface area (Å²) in [4.78, 5) is 31.7. The Labute approximate surface area is 157 Å². The van der Waals surface area contributed by atoms with E-state index < -0.39 is 0 Å². The van der Waals surface area contributed by atoms with Crippen LogP contribution in [-0.4, -0.2) is 15.6 Å². The molecule has 3 heterocycles. The fourth-order valence-electron chi connectivity index (χ4n) is 3.24. The van der Waals surface area contributed by atoms with E-state index in [1.165, 1.54) is 27.3 Å². The summed E-state index contributed by atoms with van der Waals surface area (Å²) < 4.78 is 1.39. The van der Waals surface area contributed by atoms with Gasteiger partial charge in [-0.2, -0.15) is 4.68 Å². The highest BCUT2D eigenvalue weighted by atomic mass is 32.1. The molecule has 5 nitrogen and oxygen atoms in total. The van der Waals surface area contributed by atoms with Crippen molar-refractivity contribution < 1.29 is 4.79 Å². The number of aromatic amines is 1. The molecule has 3 aromatic heterocycles. The van der Waals surface area contributed by atoms with Gasteiger partial charge >= 0.3 is 0 Å². The summed E-state index contributed by atoms with van der Waals surface area (Å²) in [6.07, 6.45) is 5.35. The van der Waals surface area contributed by atoms with Crippen LogP contribution >= 0.6 is 34.9 Å². The number of aromatic nitrogens is 2. The summed E-state index contributed by atoms with van der Waals surface area (Å²) in [5.74, 6) is -0.327. The van der Waals surface area contributed by atoms with Crippen LogP contribution in [0.15, 0.2) is 16.2 Å². The van der Waals surface area contributed by atoms with Crippen LogP contribution in [0, 0.1) is 11.7 Å². The fourth-order valence-corrected chi connectivity index (χ4v) is 5.50. The largest absolute Gasteiger partial charge is 0.322 e. The van der Waals surface area contributed by atoms with Crippen LogP contribution < -0.4 is 11.0 Å². The number of fused-ring (bicyclic) bond motifs is 3. The van der Waals surface area contributed by atoms with Crippen molar-refractivity contribution in [2.24, 2.45) is 0 Å². The van der Waals surface area contributed by atoms with Gasteiger partial charge in [-0.1, -0.05) is 6.42 Å². The van der Waals surface area contributed by atoms with Gasteiger partial charge < -0.3 is 4.98 Å². The number of H-pyrrole nitrogens is 1. The lowest BCUT2D eigenvalue weighted by atomic mass is 10.1. The quantitative estimate of drug-likeness (QED) is 0.510. The van der Waals surface area contributed by atoms with E-state index in [1.807, 2.05) is 6.92 Å². The third-order valence-corrected chi connectivity index (χ3v) is 6.82. The minimum absolute atomic E-state index is 0.217. The Bertz CT molecular complexity index is 1090. The number of nitrogens with zero attached hydrogens (tertiary/aromatic N) is 1. The molecular weight excluding hydrogens is 374 g/mol. The maximum Gasteiger partial charge on any atom is 0.282 e. The molecule has 0 atom stereocenters. The van der Waals surface area contributed by atoms with E-state index >= 15 is 0 Å². The van der Waals surface area contributed by atoms with Gasteiger partial charge in [-0.25, -0.2) is 0 Å². The molecule has 25 heavy (non-hydrogen) atoms. The molecule has 130 valence electrons. The van der Waals surface area contributed by atoms with Gasteiger partial charge in [0.2, 0.25) is 4.77 Å². The molecule has 0 radical (unpaired) electrons. The second kappa shape index (κ2) is 6.51. The van der Waals surface area contributed by atoms with Crippen molar-refractivity contribution in [1.29, 1.82) is 0 Å². The van der Waals surface area contributed by atoms with Gasteiger partial charge in [-0.3, -0.25) is 15.0 Å². The lowest BCUT2D eigenvalue weighted by Crippen LogP contribution is -2.34. The van der Waals surface area contributed by atoms with E-state index in [-0.39, 0.29) is 16.2 Å². The van der Waals surface area contributed by atoms with Gasteiger partial charge in [0.05, 0.1) is 10.9 Å². The number of thiophene rings is 2. The number of hydrogen-bond acceptors (Lipinski definition) is 5. The van der Waals surface area contributed by atoms with Crippen molar-refractivity contribution >= 4 is 51.0 Å². The topological polar surface area (TPSA) is 66.9 Å². The Hall–Kier alpha value is -1.77. The molecule has 8 heteroatoms. The monoisotopic (exact) mass is 391 g/mol. The number of aryl methyl sites for hydroxylation is 3. The maximum absolute atomic E-state index is 13.0. The van der Waals surface area contributed by atoms with Gasteiger partial charge in [0.25, 0.3) is 11.5 Å². The number of hydrogen-bond donors (Lipinski definition) is 2. The minimum atomic E-state index is -0.327. The van der Waals surface area contributed by atoms with Crippen molar-refractivity contribution in [3.8, 4) is 0 Å². The van der Waals surface area contributed by atoms with Crippen LogP contribution in [-0.2, 0) is 12.8 Å². The Balaban J connectivity index is 1.81. The molecule has 3 aromatic rings. The molecule has 0 saturated heterocycles. The second-order valence-electron chi connectivity index (χ2n) is 6.23. The number of nitrogens with one attached hydrogen (secondary N) is 2. The molecule has 0 fully saturated rings. The Kier molecular flexibility index (Phi) is 4.35. The van der Waals surface area contributed by atoms with Crippen molar-refractivity contribution in [3.05, 3.63) is 47.5 Å². The predicted octanol–water partition coefficient (Wildman–Crippen LogP) is 4.14. The summed E-state index contributed by atoms with van der Waals surface area (Å²) in [7, 11) is 0. The van der Waals surface area contributed by atoms with Crippen molar-refractivity contribution in [3.63, 3.8) is 0 Å². The average molecular weight is 392 g/mol. The van der Waals surface area contributed by atoms with E-state index in [0.717, 1.165) is 41.0 Å². The standard InChI is InChI=1S/C17H17N3O2S3/c1-9-7-10(8-24-9)14(21)19-20-16(22)13-11-5-3-2-4-6-12(11)25-15(13)18-17(20)23/h7-8H,2-6H2,1H3,(H,18,23)(H,19,21). The highest BCUT2D eigenvalue weighted by Crippen LogP contribution is 2.32. The predicted molar refractivity (Wildman–Crippen MR) is 105 cm³/mol. The SMILES string of the molecule is Cc1cc(C(=O)Nn2c(=S)[nH]c3sc4c(c3c2=O)CCCCC4)cs1. The Morgan fingerprint density at radius 2 is 2.12 bits per heavy atom. The first-order valence-electron chi connectivity index (χ1n) is 8.20. The highest BCUT2D eigenvalue weighted by molar-refractivity contribution is 7.71. The molecule has 1 aliphatic rings. The smallest absolute Gasteiger partial charge is 0.282 e. The molecule has 0 aliphatic heterocycles. The lowest BCUT2D eigenvalue weighted by Gasteiger charge is -2.08. The van der Waals surface area contributed by atoms with E-state index in [1.54, 1.807) is 22.8 Å². The molecule has 2 N–H and O–H groups in total. The van der Waals surface area contributed by atoms with Crippen LogP contribution in [0.2, 0.25) is 0 Å². The van der Waals surface area contributed by atoms with Crippen molar-refractivity contribution in [2.45, 2.75) is 39.0 Å². The summed E-state index contributed by atoms with van der Waals surface area (Å²) in [5.41, 5.74) is 4.08. The normalized spacial score (nSPS) is 14.3. The van der Waals surface area contributed by atoms with Crippen LogP contribution in [0.5, 0.6) is 0 Å². The first-order chi connectivity index (χ1) is 12.0. The molecule has 0 aromatic carbocycles. The molecule has 4 rings (SSSR count).